The van der Waals surface area contributed by atoms with Crippen molar-refractivity contribution in [2.75, 3.05) is 0 Å². The SMILES string of the molecule is O=C1NC(=O)C(c2ccc(-c3ccc(Cl)c(Cl)c3)s2)C1=O. The normalized spacial score (nSPS) is 18.2. The first-order valence-electron chi connectivity index (χ1n) is 5.91. The Balaban J connectivity index is 1.97. The zero-order chi connectivity index (χ0) is 15.1. The van der Waals surface area contributed by atoms with Crippen molar-refractivity contribution >= 4 is 52.1 Å². The number of imide groups is 1. The Hall–Kier alpha value is -1.69. The molecule has 0 aliphatic carbocycles. The number of benzene rings is 1. The maximum atomic E-state index is 11.7. The highest BCUT2D eigenvalue weighted by Crippen LogP contribution is 2.36. The van der Waals surface area contributed by atoms with Crippen LogP contribution in [0.2, 0.25) is 10.0 Å². The quantitative estimate of drug-likeness (QED) is 0.519. The van der Waals surface area contributed by atoms with Crippen LogP contribution >= 0.6 is 34.5 Å². The van der Waals surface area contributed by atoms with E-state index in [4.69, 9.17) is 23.2 Å². The molecule has 0 spiro atoms. The van der Waals surface area contributed by atoms with E-state index in [0.717, 1.165) is 10.4 Å². The van der Waals surface area contributed by atoms with Crippen molar-refractivity contribution < 1.29 is 14.4 Å². The standard InChI is InChI=1S/C14H7Cl2NO3S/c15-7-2-1-6(5-8(7)16)9-3-4-10(21-9)11-12(18)14(20)17-13(11)19/h1-5,11H,(H,17,19,20). The number of hydrogen-bond acceptors (Lipinski definition) is 4. The van der Waals surface area contributed by atoms with Gasteiger partial charge in [-0.2, -0.15) is 0 Å². The summed E-state index contributed by atoms with van der Waals surface area (Å²) in [6, 6.07) is 8.63. The predicted molar refractivity (Wildman–Crippen MR) is 80.7 cm³/mol. The van der Waals surface area contributed by atoms with Crippen LogP contribution in [0, 0.1) is 0 Å². The number of halogens is 2. The van der Waals surface area contributed by atoms with Gasteiger partial charge in [0.25, 0.3) is 5.91 Å². The smallest absolute Gasteiger partial charge is 0.289 e. The van der Waals surface area contributed by atoms with Crippen molar-refractivity contribution in [3.05, 3.63) is 45.3 Å². The molecule has 3 rings (SSSR count). The topological polar surface area (TPSA) is 63.2 Å². The van der Waals surface area contributed by atoms with Gasteiger partial charge in [-0.15, -0.1) is 11.3 Å². The number of ketones is 1. The van der Waals surface area contributed by atoms with E-state index >= 15 is 0 Å². The molecule has 2 aromatic rings. The average molecular weight is 340 g/mol. The molecular weight excluding hydrogens is 333 g/mol. The molecule has 1 atom stereocenters. The first kappa shape index (κ1) is 14.3. The Labute approximate surface area is 133 Å². The van der Waals surface area contributed by atoms with Crippen LogP contribution in [0.4, 0.5) is 0 Å². The summed E-state index contributed by atoms with van der Waals surface area (Å²) < 4.78 is 0. The molecule has 21 heavy (non-hydrogen) atoms. The Bertz CT molecular complexity index is 784. The van der Waals surface area contributed by atoms with Crippen molar-refractivity contribution in [1.82, 2.24) is 5.32 Å². The summed E-state index contributed by atoms with van der Waals surface area (Å²) >= 11 is 13.1. The molecule has 1 unspecified atom stereocenters. The number of Topliss-reactive ketones (excluding diaryl/α,β-unsaturated/α-hetero) is 1. The minimum absolute atomic E-state index is 0.425. The van der Waals surface area contributed by atoms with E-state index in [-0.39, 0.29) is 0 Å². The first-order chi connectivity index (χ1) is 9.97. The lowest BCUT2D eigenvalue weighted by molar-refractivity contribution is -0.135. The van der Waals surface area contributed by atoms with Gasteiger partial charge in [-0.1, -0.05) is 29.3 Å². The fraction of sp³-hybridized carbons (Fsp3) is 0.0714. The number of carbonyl (C=O) groups excluding carboxylic acids is 3. The lowest BCUT2D eigenvalue weighted by Gasteiger charge is -2.01. The Morgan fingerprint density at radius 3 is 2.38 bits per heavy atom. The predicted octanol–water partition coefficient (Wildman–Crippen LogP) is 3.03. The summed E-state index contributed by atoms with van der Waals surface area (Å²) in [5.41, 5.74) is 0.831. The van der Waals surface area contributed by atoms with E-state index < -0.39 is 23.5 Å². The maximum Gasteiger partial charge on any atom is 0.295 e. The molecule has 1 aromatic carbocycles. The molecular formula is C14H7Cl2NO3S. The molecule has 1 aliphatic heterocycles. The largest absolute Gasteiger partial charge is 0.295 e. The summed E-state index contributed by atoms with van der Waals surface area (Å²) in [4.78, 5) is 35.9. The molecule has 1 aromatic heterocycles. The summed E-state index contributed by atoms with van der Waals surface area (Å²) in [7, 11) is 0. The Morgan fingerprint density at radius 1 is 1.00 bits per heavy atom. The molecule has 0 radical (unpaired) electrons. The van der Waals surface area contributed by atoms with Crippen LogP contribution in [0.5, 0.6) is 0 Å². The van der Waals surface area contributed by atoms with Crippen LogP contribution in [-0.4, -0.2) is 17.6 Å². The van der Waals surface area contributed by atoms with E-state index in [1.54, 1.807) is 30.3 Å². The summed E-state index contributed by atoms with van der Waals surface area (Å²) in [6.07, 6.45) is 0. The molecule has 2 amide bonds. The minimum Gasteiger partial charge on any atom is -0.289 e. The highest BCUT2D eigenvalue weighted by molar-refractivity contribution is 7.16. The zero-order valence-corrected chi connectivity index (χ0v) is 12.7. The fourth-order valence-corrected chi connectivity index (χ4v) is 3.47. The molecule has 106 valence electrons. The van der Waals surface area contributed by atoms with Gasteiger partial charge in [0.2, 0.25) is 11.7 Å². The molecule has 1 fully saturated rings. The molecule has 0 saturated carbocycles. The van der Waals surface area contributed by atoms with Crippen LogP contribution in [-0.2, 0) is 14.4 Å². The van der Waals surface area contributed by atoms with E-state index in [0.29, 0.717) is 14.9 Å². The van der Waals surface area contributed by atoms with Gasteiger partial charge in [-0.25, -0.2) is 0 Å². The van der Waals surface area contributed by atoms with Gasteiger partial charge in [0.15, 0.2) is 0 Å². The van der Waals surface area contributed by atoms with Crippen molar-refractivity contribution in [3.63, 3.8) is 0 Å². The maximum absolute atomic E-state index is 11.7. The molecule has 2 heterocycles. The fourth-order valence-electron chi connectivity index (χ4n) is 2.07. The third-order valence-corrected chi connectivity index (χ3v) is 5.04. The van der Waals surface area contributed by atoms with Crippen LogP contribution in [0.25, 0.3) is 10.4 Å². The Morgan fingerprint density at radius 2 is 1.76 bits per heavy atom. The van der Waals surface area contributed by atoms with Gasteiger partial charge < -0.3 is 0 Å². The molecule has 7 heteroatoms. The number of nitrogens with one attached hydrogen (secondary N) is 1. The second kappa shape index (κ2) is 5.26. The molecule has 4 nitrogen and oxygen atoms in total. The van der Waals surface area contributed by atoms with Crippen molar-refractivity contribution in [1.29, 1.82) is 0 Å². The zero-order valence-electron chi connectivity index (χ0n) is 10.4. The number of hydrogen-bond donors (Lipinski definition) is 1. The van der Waals surface area contributed by atoms with Crippen LogP contribution in [0.3, 0.4) is 0 Å². The van der Waals surface area contributed by atoms with Gasteiger partial charge in [0.05, 0.1) is 10.0 Å². The number of carbonyl (C=O) groups is 3. The summed E-state index contributed by atoms with van der Waals surface area (Å²) in [6.45, 7) is 0. The van der Waals surface area contributed by atoms with Crippen LogP contribution < -0.4 is 5.32 Å². The van der Waals surface area contributed by atoms with Crippen LogP contribution in [0.1, 0.15) is 10.8 Å². The van der Waals surface area contributed by atoms with E-state index in [9.17, 15) is 14.4 Å². The van der Waals surface area contributed by atoms with Crippen molar-refractivity contribution in [2.45, 2.75) is 5.92 Å². The lowest BCUT2D eigenvalue weighted by atomic mass is 10.1. The highest BCUT2D eigenvalue weighted by atomic mass is 35.5. The van der Waals surface area contributed by atoms with Gasteiger partial charge in [0.1, 0.15) is 5.92 Å². The summed E-state index contributed by atoms with van der Waals surface area (Å²) in [5.74, 6) is -3.19. The van der Waals surface area contributed by atoms with E-state index in [2.05, 4.69) is 0 Å². The number of amides is 2. The van der Waals surface area contributed by atoms with Crippen LogP contribution in [0.15, 0.2) is 30.3 Å². The molecule has 1 N–H and O–H groups in total. The van der Waals surface area contributed by atoms with E-state index in [1.807, 2.05) is 5.32 Å². The lowest BCUT2D eigenvalue weighted by Crippen LogP contribution is -2.21. The second-order valence-corrected chi connectivity index (χ2v) is 6.38. The third kappa shape index (κ3) is 2.48. The summed E-state index contributed by atoms with van der Waals surface area (Å²) in [5, 5.41) is 2.90. The van der Waals surface area contributed by atoms with Crippen molar-refractivity contribution in [3.8, 4) is 10.4 Å². The molecule has 1 aliphatic rings. The molecule has 1 saturated heterocycles. The van der Waals surface area contributed by atoms with E-state index in [1.165, 1.54) is 11.3 Å². The van der Waals surface area contributed by atoms with Gasteiger partial charge >= 0.3 is 0 Å². The number of thiophene rings is 1. The highest BCUT2D eigenvalue weighted by Gasteiger charge is 2.42. The first-order valence-corrected chi connectivity index (χ1v) is 7.49. The third-order valence-electron chi connectivity index (χ3n) is 3.10. The van der Waals surface area contributed by atoms with Gasteiger partial charge in [0, 0.05) is 9.75 Å². The minimum atomic E-state index is -1.04. The Kier molecular flexibility index (Phi) is 3.57. The molecule has 0 bridgehead atoms. The monoisotopic (exact) mass is 339 g/mol. The average Bonchev–Trinajstić information content (AvgIpc) is 2.99. The second-order valence-electron chi connectivity index (χ2n) is 4.45. The van der Waals surface area contributed by atoms with Gasteiger partial charge in [-0.3, -0.25) is 19.7 Å². The van der Waals surface area contributed by atoms with Gasteiger partial charge in [-0.05, 0) is 29.8 Å². The number of rotatable bonds is 2. The van der Waals surface area contributed by atoms with Crippen molar-refractivity contribution in [2.24, 2.45) is 0 Å².